The summed E-state index contributed by atoms with van der Waals surface area (Å²) in [6, 6.07) is 18.0. The SMILES string of the molecule is Cc1cccc(C)c1N1CCCS/C1=N\C(=O)Nc1ccc(-c2ncn(-c3ccc(OC(F)(F)F)cc3)n2)cc1. The first kappa shape index (κ1) is 27.3. The highest BCUT2D eigenvalue weighted by Gasteiger charge is 2.31. The number of nitrogens with zero attached hydrogens (tertiary/aromatic N) is 5. The molecule has 40 heavy (non-hydrogen) atoms. The van der Waals surface area contributed by atoms with Crippen molar-refractivity contribution in [1.82, 2.24) is 14.8 Å². The van der Waals surface area contributed by atoms with E-state index in [1.807, 2.05) is 6.07 Å². The molecule has 8 nitrogen and oxygen atoms in total. The molecule has 0 spiro atoms. The maximum Gasteiger partial charge on any atom is 0.573 e. The lowest BCUT2D eigenvalue weighted by molar-refractivity contribution is -0.274. The Labute approximate surface area is 232 Å². The number of aryl methyl sites for hydroxylation is 2. The molecule has 0 atom stereocenters. The summed E-state index contributed by atoms with van der Waals surface area (Å²) in [6.45, 7) is 4.91. The van der Waals surface area contributed by atoms with Crippen molar-refractivity contribution < 1.29 is 22.7 Å². The summed E-state index contributed by atoms with van der Waals surface area (Å²) >= 11 is 1.56. The molecule has 1 aliphatic heterocycles. The highest BCUT2D eigenvalue weighted by molar-refractivity contribution is 8.14. The highest BCUT2D eigenvalue weighted by Crippen LogP contribution is 2.31. The minimum Gasteiger partial charge on any atom is -0.406 e. The molecule has 3 aromatic carbocycles. The molecule has 0 aliphatic carbocycles. The van der Waals surface area contributed by atoms with Gasteiger partial charge in [-0.25, -0.2) is 14.5 Å². The first-order valence-corrected chi connectivity index (χ1v) is 13.4. The minimum atomic E-state index is -4.75. The van der Waals surface area contributed by atoms with Gasteiger partial charge in [0, 0.05) is 29.2 Å². The van der Waals surface area contributed by atoms with Crippen molar-refractivity contribution in [3.63, 3.8) is 0 Å². The Morgan fingerprint density at radius 1 is 1.02 bits per heavy atom. The van der Waals surface area contributed by atoms with Crippen LogP contribution in [0.4, 0.5) is 29.3 Å². The van der Waals surface area contributed by atoms with Crippen molar-refractivity contribution in [2.45, 2.75) is 26.6 Å². The van der Waals surface area contributed by atoms with Gasteiger partial charge in [-0.15, -0.1) is 18.3 Å². The Bertz CT molecular complexity index is 1510. The minimum absolute atomic E-state index is 0.320. The largest absolute Gasteiger partial charge is 0.573 e. The lowest BCUT2D eigenvalue weighted by Crippen LogP contribution is -2.36. The number of amidine groups is 1. The molecule has 0 saturated carbocycles. The second-order valence-corrected chi connectivity index (χ2v) is 10.1. The van der Waals surface area contributed by atoms with Crippen LogP contribution in [0.5, 0.6) is 5.75 Å². The Morgan fingerprint density at radius 3 is 2.40 bits per heavy atom. The highest BCUT2D eigenvalue weighted by atomic mass is 32.2. The van der Waals surface area contributed by atoms with Gasteiger partial charge in [-0.05, 0) is 79.9 Å². The average Bonchev–Trinajstić information content (AvgIpc) is 3.40. The predicted octanol–water partition coefficient (Wildman–Crippen LogP) is 6.98. The van der Waals surface area contributed by atoms with Crippen LogP contribution in [0.25, 0.3) is 17.1 Å². The quantitative estimate of drug-likeness (QED) is 0.281. The van der Waals surface area contributed by atoms with Crippen LogP contribution in [0.2, 0.25) is 0 Å². The Morgan fingerprint density at radius 2 is 1.73 bits per heavy atom. The van der Waals surface area contributed by atoms with Crippen molar-refractivity contribution in [2.24, 2.45) is 4.99 Å². The molecule has 0 radical (unpaired) electrons. The third kappa shape index (κ3) is 6.45. The smallest absolute Gasteiger partial charge is 0.406 e. The van der Waals surface area contributed by atoms with Gasteiger partial charge in [0.2, 0.25) is 0 Å². The molecule has 1 N–H and O–H groups in total. The molecule has 1 saturated heterocycles. The number of carbonyl (C=O) groups is 1. The number of aliphatic imine (C=N–C) groups is 1. The first-order chi connectivity index (χ1) is 19.2. The third-order valence-electron chi connectivity index (χ3n) is 6.12. The number of aromatic nitrogens is 3. The number of urea groups is 1. The fourth-order valence-corrected chi connectivity index (χ4v) is 5.29. The molecule has 0 unspecified atom stereocenters. The van der Waals surface area contributed by atoms with Crippen molar-refractivity contribution in [2.75, 3.05) is 22.5 Å². The standard InChI is InChI=1S/C28H25F3N6O2S/c1-18-5-3-6-19(2)24(18)36-15-4-16-40-27(36)34-26(38)33-21-9-7-20(8-10-21)25-32-17-37(35-25)22-11-13-23(14-12-22)39-28(29,30)31/h3,5-14,17H,4,15-16H2,1-2H3,(H,33,38)/b34-27-. The summed E-state index contributed by atoms with van der Waals surface area (Å²) in [7, 11) is 0. The number of hydrogen-bond donors (Lipinski definition) is 1. The van der Waals surface area contributed by atoms with Crippen LogP contribution in [-0.2, 0) is 0 Å². The number of anilines is 2. The van der Waals surface area contributed by atoms with Gasteiger partial charge in [0.25, 0.3) is 0 Å². The van der Waals surface area contributed by atoms with Gasteiger partial charge in [-0.1, -0.05) is 30.0 Å². The molecule has 12 heteroatoms. The van der Waals surface area contributed by atoms with Crippen LogP contribution in [0, 0.1) is 13.8 Å². The Hall–Kier alpha value is -4.32. The van der Waals surface area contributed by atoms with Crippen molar-refractivity contribution in [3.05, 3.63) is 84.2 Å². The Balaban J connectivity index is 1.26. The summed E-state index contributed by atoms with van der Waals surface area (Å²) in [5, 5.41) is 7.89. The number of nitrogens with one attached hydrogen (secondary N) is 1. The normalized spacial score (nSPS) is 14.8. The zero-order chi connectivity index (χ0) is 28.3. The first-order valence-electron chi connectivity index (χ1n) is 12.4. The summed E-state index contributed by atoms with van der Waals surface area (Å²) < 4.78 is 42.5. The molecule has 5 rings (SSSR count). The van der Waals surface area contributed by atoms with E-state index < -0.39 is 12.4 Å². The number of halogens is 3. The van der Waals surface area contributed by atoms with Crippen LogP contribution < -0.4 is 15.0 Å². The molecule has 4 aromatic rings. The van der Waals surface area contributed by atoms with E-state index in [9.17, 15) is 18.0 Å². The lowest BCUT2D eigenvalue weighted by atomic mass is 10.1. The number of benzene rings is 3. The van der Waals surface area contributed by atoms with Gasteiger partial charge in [0.1, 0.15) is 12.1 Å². The van der Waals surface area contributed by atoms with E-state index in [2.05, 4.69) is 56.0 Å². The summed E-state index contributed by atoms with van der Waals surface area (Å²) in [6.07, 6.45) is -2.29. The number of amides is 2. The molecular formula is C28H25F3N6O2S. The number of para-hydroxylation sites is 1. The Kier molecular flexibility index (Phi) is 7.78. The number of alkyl halides is 3. The van der Waals surface area contributed by atoms with Crippen molar-refractivity contribution in [3.8, 4) is 22.8 Å². The van der Waals surface area contributed by atoms with Gasteiger partial charge in [0.15, 0.2) is 11.0 Å². The van der Waals surface area contributed by atoms with Gasteiger partial charge < -0.3 is 15.0 Å². The van der Waals surface area contributed by atoms with E-state index in [4.69, 9.17) is 0 Å². The van der Waals surface area contributed by atoms with Crippen LogP contribution in [-0.4, -0.2) is 44.6 Å². The fraction of sp³-hybridized carbons (Fsp3) is 0.214. The molecular weight excluding hydrogens is 541 g/mol. The molecule has 1 fully saturated rings. The van der Waals surface area contributed by atoms with Crippen molar-refractivity contribution in [1.29, 1.82) is 0 Å². The molecule has 1 aromatic heterocycles. The molecule has 2 amide bonds. The van der Waals surface area contributed by atoms with Gasteiger partial charge >= 0.3 is 12.4 Å². The summed E-state index contributed by atoms with van der Waals surface area (Å²) in [5.74, 6) is 0.990. The van der Waals surface area contributed by atoms with Crippen LogP contribution in [0.1, 0.15) is 17.5 Å². The zero-order valence-corrected chi connectivity index (χ0v) is 22.5. The lowest BCUT2D eigenvalue weighted by Gasteiger charge is -2.31. The maximum atomic E-state index is 12.8. The number of rotatable bonds is 5. The van der Waals surface area contributed by atoms with E-state index in [0.717, 1.165) is 35.5 Å². The summed E-state index contributed by atoms with van der Waals surface area (Å²) in [4.78, 5) is 23.6. The molecule has 1 aliphatic rings. The van der Waals surface area contributed by atoms with E-state index >= 15 is 0 Å². The second-order valence-electron chi connectivity index (χ2n) is 9.05. The third-order valence-corrected chi connectivity index (χ3v) is 7.18. The van der Waals surface area contributed by atoms with Crippen LogP contribution in [0.15, 0.2) is 78.0 Å². The van der Waals surface area contributed by atoms with E-state index in [1.54, 1.807) is 36.0 Å². The van der Waals surface area contributed by atoms with Gasteiger partial charge in [-0.2, -0.15) is 4.99 Å². The zero-order valence-electron chi connectivity index (χ0n) is 21.6. The van der Waals surface area contributed by atoms with E-state index in [1.165, 1.54) is 35.3 Å². The van der Waals surface area contributed by atoms with Crippen molar-refractivity contribution >= 4 is 34.3 Å². The summed E-state index contributed by atoms with van der Waals surface area (Å²) in [5.41, 5.74) is 5.14. The monoisotopic (exact) mass is 566 g/mol. The number of thioether (sulfide) groups is 1. The molecule has 0 bridgehead atoms. The van der Waals surface area contributed by atoms with Gasteiger partial charge in [-0.3, -0.25) is 0 Å². The van der Waals surface area contributed by atoms with E-state index in [0.29, 0.717) is 27.9 Å². The average molecular weight is 567 g/mol. The maximum absolute atomic E-state index is 12.8. The second kappa shape index (κ2) is 11.4. The number of ether oxygens (including phenoxy) is 1. The fourth-order valence-electron chi connectivity index (χ4n) is 4.35. The van der Waals surface area contributed by atoms with Crippen LogP contribution in [0.3, 0.4) is 0 Å². The number of hydrogen-bond acceptors (Lipinski definition) is 5. The van der Waals surface area contributed by atoms with Gasteiger partial charge in [0.05, 0.1) is 5.69 Å². The molecule has 206 valence electrons. The topological polar surface area (TPSA) is 84.6 Å². The molecule has 2 heterocycles. The van der Waals surface area contributed by atoms with E-state index in [-0.39, 0.29) is 5.75 Å². The number of carbonyl (C=O) groups excluding carboxylic acids is 1. The van der Waals surface area contributed by atoms with Crippen LogP contribution >= 0.6 is 11.8 Å². The predicted molar refractivity (Wildman–Crippen MR) is 150 cm³/mol.